The number of sulfonamides is 1. The molecule has 0 saturated heterocycles. The van der Waals surface area contributed by atoms with Crippen LogP contribution in [0.4, 0.5) is 11.5 Å². The van der Waals surface area contributed by atoms with Gasteiger partial charge in [0.05, 0.1) is 21.5 Å². The van der Waals surface area contributed by atoms with Crippen molar-refractivity contribution in [3.8, 4) is 11.1 Å². The van der Waals surface area contributed by atoms with Crippen molar-refractivity contribution in [1.29, 1.82) is 0 Å². The number of benzene rings is 2. The molecule has 0 bridgehead atoms. The number of hydrogen-bond donors (Lipinski definition) is 2. The highest BCUT2D eigenvalue weighted by Gasteiger charge is 2.13. The van der Waals surface area contributed by atoms with E-state index in [4.69, 9.17) is 5.73 Å². The summed E-state index contributed by atoms with van der Waals surface area (Å²) in [5.74, 6) is 0.452. The van der Waals surface area contributed by atoms with E-state index in [1.165, 1.54) is 0 Å². The highest BCUT2D eigenvalue weighted by Crippen LogP contribution is 2.35. The zero-order chi connectivity index (χ0) is 19.9. The number of hydrogen-bond acceptors (Lipinski definition) is 6. The molecular weight excluding hydrogens is 392 g/mol. The molecule has 0 fully saturated rings. The maximum Gasteiger partial charge on any atom is 0.229 e. The van der Waals surface area contributed by atoms with Crippen LogP contribution in [0.1, 0.15) is 18.4 Å². The van der Waals surface area contributed by atoms with Gasteiger partial charge in [0.25, 0.3) is 0 Å². The highest BCUT2D eigenvalue weighted by atomic mass is 32.2. The van der Waals surface area contributed by atoms with E-state index >= 15 is 0 Å². The normalized spacial score (nSPS) is 11.9. The number of nitrogens with one attached hydrogen (secondary N) is 1. The lowest BCUT2D eigenvalue weighted by atomic mass is 10.0. The molecular formula is C20H20N4O2S2. The molecule has 0 radical (unpaired) electrons. The predicted octanol–water partition coefficient (Wildman–Crippen LogP) is 4.42. The fourth-order valence-corrected chi connectivity index (χ4v) is 4.95. The largest absolute Gasteiger partial charge is 0.382 e. The van der Waals surface area contributed by atoms with E-state index in [-0.39, 0.29) is 0 Å². The molecule has 0 amide bonds. The number of fused-ring (bicyclic) bond motifs is 3. The van der Waals surface area contributed by atoms with Crippen LogP contribution in [0.25, 0.3) is 32.2 Å². The van der Waals surface area contributed by atoms with Gasteiger partial charge in [-0.3, -0.25) is 4.72 Å². The summed E-state index contributed by atoms with van der Waals surface area (Å²) in [4.78, 5) is 9.17. The Hall–Kier alpha value is -2.71. The van der Waals surface area contributed by atoms with Gasteiger partial charge in [0, 0.05) is 11.1 Å². The van der Waals surface area contributed by atoms with E-state index in [1.54, 1.807) is 17.4 Å². The molecule has 0 saturated carbocycles. The smallest absolute Gasteiger partial charge is 0.229 e. The lowest BCUT2D eigenvalue weighted by Crippen LogP contribution is -2.09. The fraction of sp³-hybridized carbons (Fsp3) is 0.200. The Bertz CT molecular complexity index is 1300. The van der Waals surface area contributed by atoms with Gasteiger partial charge < -0.3 is 5.73 Å². The van der Waals surface area contributed by atoms with Crippen molar-refractivity contribution in [2.24, 2.45) is 0 Å². The third kappa shape index (κ3) is 3.65. The number of aryl methyl sites for hydroxylation is 1. The number of nitrogens with zero attached hydrogens (tertiary/aromatic N) is 2. The highest BCUT2D eigenvalue weighted by molar-refractivity contribution is 7.92. The maximum absolute atomic E-state index is 11.5. The average Bonchev–Trinajstić information content (AvgIpc) is 3.05. The zero-order valence-electron chi connectivity index (χ0n) is 15.6. The standard InChI is InChI=1S/C20H20N4O2S2/c1-3-5-17-23-18-19(27-17)15-11-13(8-9-16(15)22-20(18)21)12-6-4-7-14(10-12)24-28(2,25)26/h4,6-11,24H,3,5H2,1-2H3,(H2,21,22). The Morgan fingerprint density at radius 1 is 1.11 bits per heavy atom. The Morgan fingerprint density at radius 3 is 2.64 bits per heavy atom. The van der Waals surface area contributed by atoms with Gasteiger partial charge in [-0.1, -0.05) is 25.1 Å². The van der Waals surface area contributed by atoms with Crippen LogP contribution in [-0.2, 0) is 16.4 Å². The van der Waals surface area contributed by atoms with Gasteiger partial charge in [0.2, 0.25) is 10.0 Å². The number of aromatic nitrogens is 2. The van der Waals surface area contributed by atoms with Gasteiger partial charge >= 0.3 is 0 Å². The number of pyridine rings is 1. The second-order valence-corrected chi connectivity index (χ2v) is 9.55. The van der Waals surface area contributed by atoms with Gasteiger partial charge in [0.15, 0.2) is 5.82 Å². The van der Waals surface area contributed by atoms with Crippen LogP contribution in [0, 0.1) is 0 Å². The Kier molecular flexibility index (Phi) is 4.68. The summed E-state index contributed by atoms with van der Waals surface area (Å²) in [5.41, 5.74) is 10.1. The van der Waals surface area contributed by atoms with Crippen LogP contribution in [0.2, 0.25) is 0 Å². The molecule has 2 aromatic heterocycles. The summed E-state index contributed by atoms with van der Waals surface area (Å²) in [7, 11) is -3.33. The van der Waals surface area contributed by atoms with Gasteiger partial charge in [-0.25, -0.2) is 18.4 Å². The number of anilines is 2. The molecule has 28 heavy (non-hydrogen) atoms. The van der Waals surface area contributed by atoms with Crippen LogP contribution in [0.15, 0.2) is 42.5 Å². The predicted molar refractivity (Wildman–Crippen MR) is 117 cm³/mol. The molecule has 0 atom stereocenters. The van der Waals surface area contributed by atoms with Crippen LogP contribution >= 0.6 is 11.3 Å². The van der Waals surface area contributed by atoms with Gasteiger partial charge in [-0.2, -0.15) is 0 Å². The lowest BCUT2D eigenvalue weighted by molar-refractivity contribution is 0.607. The summed E-state index contributed by atoms with van der Waals surface area (Å²) in [6.45, 7) is 2.13. The molecule has 3 N–H and O–H groups in total. The summed E-state index contributed by atoms with van der Waals surface area (Å²) in [6, 6.07) is 13.3. The van der Waals surface area contributed by atoms with Crippen molar-refractivity contribution in [3.63, 3.8) is 0 Å². The van der Waals surface area contributed by atoms with Crippen molar-refractivity contribution in [2.75, 3.05) is 16.7 Å². The van der Waals surface area contributed by atoms with Crippen LogP contribution in [-0.4, -0.2) is 24.6 Å². The van der Waals surface area contributed by atoms with E-state index in [1.807, 2.05) is 30.3 Å². The molecule has 144 valence electrons. The number of nitrogen functional groups attached to an aromatic ring is 1. The second-order valence-electron chi connectivity index (χ2n) is 6.72. The summed E-state index contributed by atoms with van der Waals surface area (Å²) >= 11 is 1.66. The van der Waals surface area contributed by atoms with Gasteiger partial charge in [-0.15, -0.1) is 11.3 Å². The first-order valence-corrected chi connectivity index (χ1v) is 11.6. The van der Waals surface area contributed by atoms with Crippen LogP contribution in [0.5, 0.6) is 0 Å². The molecule has 2 aromatic carbocycles. The molecule has 6 nitrogen and oxygen atoms in total. The molecule has 0 aliphatic rings. The van der Waals surface area contributed by atoms with Crippen molar-refractivity contribution in [1.82, 2.24) is 9.97 Å². The summed E-state index contributed by atoms with van der Waals surface area (Å²) < 4.78 is 26.6. The molecule has 4 aromatic rings. The monoisotopic (exact) mass is 412 g/mol. The minimum absolute atomic E-state index is 0.452. The van der Waals surface area contributed by atoms with Crippen molar-refractivity contribution >= 4 is 54.0 Å². The van der Waals surface area contributed by atoms with E-state index in [0.29, 0.717) is 11.5 Å². The van der Waals surface area contributed by atoms with E-state index < -0.39 is 10.0 Å². The van der Waals surface area contributed by atoms with Gasteiger partial charge in [0.1, 0.15) is 5.52 Å². The van der Waals surface area contributed by atoms with Crippen molar-refractivity contribution in [3.05, 3.63) is 47.5 Å². The maximum atomic E-state index is 11.5. The minimum atomic E-state index is -3.33. The molecule has 0 spiro atoms. The summed E-state index contributed by atoms with van der Waals surface area (Å²) in [6.07, 6.45) is 3.08. The number of thiazole rings is 1. The van der Waals surface area contributed by atoms with Crippen LogP contribution < -0.4 is 10.5 Å². The summed E-state index contributed by atoms with van der Waals surface area (Å²) in [5, 5.41) is 2.06. The molecule has 8 heteroatoms. The van der Waals surface area contributed by atoms with E-state index in [9.17, 15) is 8.42 Å². The quantitative estimate of drug-likeness (QED) is 0.506. The topological polar surface area (TPSA) is 98.0 Å². The molecule has 4 rings (SSSR count). The molecule has 0 unspecified atom stereocenters. The van der Waals surface area contributed by atoms with Crippen LogP contribution in [0.3, 0.4) is 0 Å². The minimum Gasteiger partial charge on any atom is -0.382 e. The lowest BCUT2D eigenvalue weighted by Gasteiger charge is -2.08. The Morgan fingerprint density at radius 2 is 1.89 bits per heavy atom. The van der Waals surface area contributed by atoms with Crippen molar-refractivity contribution < 1.29 is 8.42 Å². The third-order valence-corrected chi connectivity index (χ3v) is 6.11. The molecule has 2 heterocycles. The first kappa shape index (κ1) is 18.6. The molecule has 0 aliphatic heterocycles. The van der Waals surface area contributed by atoms with E-state index in [2.05, 4.69) is 27.7 Å². The average molecular weight is 413 g/mol. The number of rotatable bonds is 5. The molecule has 0 aliphatic carbocycles. The first-order valence-electron chi connectivity index (χ1n) is 8.91. The Labute approximate surface area is 167 Å². The Balaban J connectivity index is 1.86. The number of nitrogens with two attached hydrogens (primary N) is 1. The van der Waals surface area contributed by atoms with Gasteiger partial charge in [-0.05, 0) is 48.2 Å². The third-order valence-electron chi connectivity index (χ3n) is 4.36. The fourth-order valence-electron chi connectivity index (χ4n) is 3.20. The zero-order valence-corrected chi connectivity index (χ0v) is 17.2. The van der Waals surface area contributed by atoms with Crippen molar-refractivity contribution in [2.45, 2.75) is 19.8 Å². The first-order chi connectivity index (χ1) is 13.3. The SMILES string of the molecule is CCCc1nc2c(N)nc3ccc(-c4cccc(NS(C)(=O)=O)c4)cc3c2s1. The van der Waals surface area contributed by atoms with E-state index in [0.717, 1.165) is 56.4 Å². The second kappa shape index (κ2) is 7.03.